The maximum atomic E-state index is 13.2. The maximum Gasteiger partial charge on any atom is 0.310 e. The molecule has 4 bridgehead atoms. The molecule has 2 heterocycles. The van der Waals surface area contributed by atoms with Gasteiger partial charge in [0, 0.05) is 17.8 Å². The molecule has 12 unspecified atom stereocenters. The van der Waals surface area contributed by atoms with Crippen LogP contribution in [0.5, 0.6) is 0 Å². The number of carbonyl (C=O) groups is 3. The molecule has 6 aliphatic rings. The van der Waals surface area contributed by atoms with Crippen LogP contribution in [0.2, 0.25) is 0 Å². The van der Waals surface area contributed by atoms with Gasteiger partial charge < -0.3 is 24.6 Å². The number of ether oxygens (including phenoxy) is 3. The Kier molecular flexibility index (Phi) is 3.59. The number of amides is 1. The zero-order valence-corrected chi connectivity index (χ0v) is 16.2. The summed E-state index contributed by atoms with van der Waals surface area (Å²) in [5.74, 6) is -1.60. The molecular formula is C21H25NO7. The molecule has 6 fully saturated rings. The van der Waals surface area contributed by atoms with E-state index in [1.54, 1.807) is 6.92 Å². The summed E-state index contributed by atoms with van der Waals surface area (Å²) in [7, 11) is 0. The van der Waals surface area contributed by atoms with E-state index in [0.717, 1.165) is 12.8 Å². The molecule has 4 aliphatic carbocycles. The summed E-state index contributed by atoms with van der Waals surface area (Å²) in [4.78, 5) is 37.8. The molecule has 2 N–H and O–H groups in total. The van der Waals surface area contributed by atoms with E-state index in [2.05, 4.69) is 11.9 Å². The third kappa shape index (κ3) is 2.24. The highest BCUT2D eigenvalue weighted by atomic mass is 16.6. The van der Waals surface area contributed by atoms with E-state index >= 15 is 0 Å². The van der Waals surface area contributed by atoms with E-state index in [4.69, 9.17) is 14.2 Å². The van der Waals surface area contributed by atoms with Crippen molar-refractivity contribution in [3.05, 3.63) is 12.2 Å². The van der Waals surface area contributed by atoms with Crippen LogP contribution in [-0.2, 0) is 28.6 Å². The monoisotopic (exact) mass is 403 g/mol. The minimum Gasteiger partial charge on any atom is -0.460 e. The molecule has 0 radical (unpaired) electrons. The van der Waals surface area contributed by atoms with Crippen LogP contribution < -0.4 is 5.32 Å². The number of nitrogens with one attached hydrogen (secondary N) is 1. The van der Waals surface area contributed by atoms with Crippen molar-refractivity contribution < 1.29 is 33.7 Å². The van der Waals surface area contributed by atoms with Crippen LogP contribution in [0.15, 0.2) is 12.2 Å². The van der Waals surface area contributed by atoms with Crippen molar-refractivity contribution in [3.63, 3.8) is 0 Å². The van der Waals surface area contributed by atoms with Gasteiger partial charge in [0.05, 0.1) is 17.9 Å². The molecule has 12 atom stereocenters. The normalized spacial score (nSPS) is 51.3. The molecular weight excluding hydrogens is 378 g/mol. The van der Waals surface area contributed by atoms with Crippen molar-refractivity contribution in [2.24, 2.45) is 41.4 Å². The number of aliphatic hydroxyl groups excluding tert-OH is 1. The molecule has 156 valence electrons. The summed E-state index contributed by atoms with van der Waals surface area (Å²) >= 11 is 0. The van der Waals surface area contributed by atoms with Gasteiger partial charge in [0.2, 0.25) is 5.91 Å². The molecule has 0 aromatic heterocycles. The van der Waals surface area contributed by atoms with Gasteiger partial charge in [0.25, 0.3) is 0 Å². The third-order valence-electron chi connectivity index (χ3n) is 8.35. The molecule has 8 heteroatoms. The first kappa shape index (κ1) is 17.9. The summed E-state index contributed by atoms with van der Waals surface area (Å²) in [6.45, 7) is 5.36. The van der Waals surface area contributed by atoms with Crippen LogP contribution in [0.3, 0.4) is 0 Å². The van der Waals surface area contributed by atoms with E-state index < -0.39 is 36.3 Å². The average molecular weight is 403 g/mol. The molecule has 8 nitrogen and oxygen atoms in total. The van der Waals surface area contributed by atoms with Crippen molar-refractivity contribution in [3.8, 4) is 0 Å². The lowest BCUT2D eigenvalue weighted by molar-refractivity contribution is -0.177. The molecule has 4 saturated carbocycles. The lowest BCUT2D eigenvalue weighted by Crippen LogP contribution is -2.47. The number of hydrogen-bond acceptors (Lipinski definition) is 7. The third-order valence-corrected chi connectivity index (χ3v) is 8.35. The fourth-order valence-corrected chi connectivity index (χ4v) is 7.21. The first-order valence-electron chi connectivity index (χ1n) is 10.6. The summed E-state index contributed by atoms with van der Waals surface area (Å²) in [6, 6.07) is -0.102. The fraction of sp³-hybridized carbons (Fsp3) is 0.762. The van der Waals surface area contributed by atoms with Gasteiger partial charge in [-0.3, -0.25) is 14.4 Å². The molecule has 2 aliphatic heterocycles. The quantitative estimate of drug-likeness (QED) is 0.382. The summed E-state index contributed by atoms with van der Waals surface area (Å²) in [5, 5.41) is 13.1. The topological polar surface area (TPSA) is 111 Å². The van der Waals surface area contributed by atoms with E-state index in [1.807, 2.05) is 0 Å². The number of esters is 2. The van der Waals surface area contributed by atoms with Crippen molar-refractivity contribution in [1.82, 2.24) is 5.32 Å². The van der Waals surface area contributed by atoms with Gasteiger partial charge in [0.1, 0.15) is 18.3 Å². The molecule has 0 aromatic rings. The smallest absolute Gasteiger partial charge is 0.310 e. The molecule has 6 rings (SSSR count). The van der Waals surface area contributed by atoms with Crippen LogP contribution in [0.25, 0.3) is 0 Å². The van der Waals surface area contributed by atoms with Crippen LogP contribution in [0.1, 0.15) is 26.2 Å². The number of rotatable bonds is 5. The van der Waals surface area contributed by atoms with Crippen molar-refractivity contribution >= 4 is 17.8 Å². The van der Waals surface area contributed by atoms with Gasteiger partial charge in [-0.1, -0.05) is 6.58 Å². The van der Waals surface area contributed by atoms with Gasteiger partial charge in [-0.2, -0.15) is 0 Å². The average Bonchev–Trinajstić information content (AvgIpc) is 3.44. The second kappa shape index (κ2) is 5.82. The largest absolute Gasteiger partial charge is 0.460 e. The lowest BCUT2D eigenvalue weighted by Gasteiger charge is -2.34. The number of aliphatic hydroxyl groups is 1. The Morgan fingerprint density at radius 3 is 2.76 bits per heavy atom. The molecule has 1 amide bonds. The van der Waals surface area contributed by atoms with Gasteiger partial charge in [-0.15, -0.1) is 0 Å². The van der Waals surface area contributed by atoms with Crippen molar-refractivity contribution in [1.29, 1.82) is 0 Å². The lowest BCUT2D eigenvalue weighted by atomic mass is 9.78. The second-order valence-corrected chi connectivity index (χ2v) is 9.75. The molecule has 2 saturated heterocycles. The summed E-state index contributed by atoms with van der Waals surface area (Å²) in [6.07, 6.45) is -0.116. The van der Waals surface area contributed by atoms with E-state index in [0.29, 0.717) is 12.0 Å². The number of hydrogen-bond donors (Lipinski definition) is 2. The standard InChI is InChI=1S/C21H25NO7/c1-6(2)19(24)28-16-10-5-11-13(21(26)29-17(11)16)12(10)20(25)27-15-7-3-8-9(4-7)18(23)22-14(8)15/h7-17,19,24H,1,3-5H2,2H3,(H,22,23). The van der Waals surface area contributed by atoms with Crippen LogP contribution in [0, 0.1) is 41.4 Å². The van der Waals surface area contributed by atoms with Gasteiger partial charge in [-0.25, -0.2) is 0 Å². The Morgan fingerprint density at radius 1 is 1.21 bits per heavy atom. The minimum atomic E-state index is -1.16. The zero-order chi connectivity index (χ0) is 20.2. The number of fused-ring (bicyclic) bond motifs is 2. The second-order valence-electron chi connectivity index (χ2n) is 9.75. The highest BCUT2D eigenvalue weighted by molar-refractivity contribution is 5.87. The van der Waals surface area contributed by atoms with Gasteiger partial charge in [0.15, 0.2) is 6.29 Å². The Balaban J connectivity index is 1.22. The zero-order valence-electron chi connectivity index (χ0n) is 16.2. The molecule has 0 spiro atoms. The van der Waals surface area contributed by atoms with E-state index in [9.17, 15) is 19.5 Å². The highest BCUT2D eigenvalue weighted by Crippen LogP contribution is 2.60. The minimum absolute atomic E-state index is 0.0643. The van der Waals surface area contributed by atoms with Crippen molar-refractivity contribution in [2.75, 3.05) is 0 Å². The Morgan fingerprint density at radius 2 is 2.00 bits per heavy atom. The van der Waals surface area contributed by atoms with E-state index in [-0.39, 0.29) is 53.6 Å². The Hall–Kier alpha value is -1.93. The van der Waals surface area contributed by atoms with Crippen LogP contribution >= 0.6 is 0 Å². The SMILES string of the molecule is C=C(C)C(O)OC1C2CC3C1OC(=O)C3C2C(=O)OC1C2CC3C(=O)NC1C3C2. The first-order chi connectivity index (χ1) is 13.8. The van der Waals surface area contributed by atoms with E-state index in [1.165, 1.54) is 0 Å². The first-order valence-corrected chi connectivity index (χ1v) is 10.6. The maximum absolute atomic E-state index is 13.2. The predicted octanol–water partition coefficient (Wildman–Crippen LogP) is 0.140. The highest BCUT2D eigenvalue weighted by Gasteiger charge is 2.70. The number of carbonyl (C=O) groups excluding carboxylic acids is 3. The molecule has 0 aromatic carbocycles. The Labute approximate surface area is 167 Å². The summed E-state index contributed by atoms with van der Waals surface area (Å²) in [5.41, 5.74) is 0.460. The van der Waals surface area contributed by atoms with Crippen LogP contribution in [0.4, 0.5) is 0 Å². The Bertz CT molecular complexity index is 826. The molecule has 29 heavy (non-hydrogen) atoms. The van der Waals surface area contributed by atoms with Gasteiger partial charge >= 0.3 is 11.9 Å². The van der Waals surface area contributed by atoms with Crippen LogP contribution in [-0.4, -0.2) is 53.6 Å². The van der Waals surface area contributed by atoms with Crippen molar-refractivity contribution in [2.45, 2.75) is 56.8 Å². The fourth-order valence-electron chi connectivity index (χ4n) is 7.21. The van der Waals surface area contributed by atoms with Gasteiger partial charge in [-0.05, 0) is 43.6 Å². The summed E-state index contributed by atoms with van der Waals surface area (Å²) < 4.78 is 17.3. The predicted molar refractivity (Wildman–Crippen MR) is 95.7 cm³/mol.